The molecule has 1 saturated heterocycles. The van der Waals surface area contributed by atoms with Gasteiger partial charge in [0.25, 0.3) is 5.91 Å². The lowest BCUT2D eigenvalue weighted by Crippen LogP contribution is -2.42. The summed E-state index contributed by atoms with van der Waals surface area (Å²) in [5.41, 5.74) is 0. The molecular weight excluding hydrogens is 166 g/mol. The van der Waals surface area contributed by atoms with Crippen molar-refractivity contribution in [2.24, 2.45) is 4.99 Å². The lowest BCUT2D eigenvalue weighted by Gasteiger charge is -2.31. The molecule has 0 aromatic heterocycles. The maximum Gasteiger partial charge on any atom is 0.268 e. The van der Waals surface area contributed by atoms with Crippen LogP contribution in [-0.4, -0.2) is 48.3 Å². The Morgan fingerprint density at radius 3 is 2.46 bits per heavy atom. The molecule has 2 rings (SSSR count). The Kier molecular flexibility index (Phi) is 2.20. The highest BCUT2D eigenvalue weighted by Crippen LogP contribution is 2.13. The number of carbonyl (C=O) groups is 1. The van der Waals surface area contributed by atoms with Gasteiger partial charge in [0.1, 0.15) is 6.54 Å². The molecular formula is C9H15N3O. The highest BCUT2D eigenvalue weighted by Gasteiger charge is 2.25. The summed E-state index contributed by atoms with van der Waals surface area (Å²) in [6.45, 7) is 2.55. The number of carbonyl (C=O) groups excluding carboxylic acids is 1. The Morgan fingerprint density at radius 1 is 1.23 bits per heavy atom. The van der Waals surface area contributed by atoms with E-state index in [4.69, 9.17) is 0 Å². The molecule has 0 aromatic carbocycles. The van der Waals surface area contributed by atoms with Crippen LogP contribution in [0.1, 0.15) is 19.3 Å². The fourth-order valence-corrected chi connectivity index (χ4v) is 1.91. The summed E-state index contributed by atoms with van der Waals surface area (Å²) in [5, 5.41) is 0. The smallest absolute Gasteiger partial charge is 0.268 e. The maximum atomic E-state index is 11.1. The van der Waals surface area contributed by atoms with Gasteiger partial charge in [-0.3, -0.25) is 4.79 Å². The SMILES string of the molecule is CN1CC(=O)N=C1N1CCCCC1. The average molecular weight is 181 g/mol. The predicted octanol–water partition coefficient (Wildman–Crippen LogP) is 0.300. The van der Waals surface area contributed by atoms with Crippen LogP contribution in [0.25, 0.3) is 0 Å². The van der Waals surface area contributed by atoms with Crippen molar-refractivity contribution in [3.05, 3.63) is 0 Å². The molecule has 0 aromatic rings. The molecule has 2 heterocycles. The minimum absolute atomic E-state index is 0.0110. The Balaban J connectivity index is 2.06. The number of piperidine rings is 1. The zero-order valence-electron chi connectivity index (χ0n) is 7.99. The van der Waals surface area contributed by atoms with E-state index in [1.807, 2.05) is 11.9 Å². The van der Waals surface area contributed by atoms with Crippen LogP contribution in [-0.2, 0) is 4.79 Å². The first-order valence-electron chi connectivity index (χ1n) is 4.85. The third-order valence-electron chi connectivity index (χ3n) is 2.58. The van der Waals surface area contributed by atoms with Crippen molar-refractivity contribution in [3.63, 3.8) is 0 Å². The Labute approximate surface area is 78.2 Å². The highest BCUT2D eigenvalue weighted by molar-refractivity contribution is 6.00. The van der Waals surface area contributed by atoms with Crippen LogP contribution in [0.5, 0.6) is 0 Å². The standard InChI is InChI=1S/C9H15N3O/c1-11-7-8(13)10-9(11)12-5-3-2-4-6-12/h2-7H2,1H3. The van der Waals surface area contributed by atoms with E-state index in [2.05, 4.69) is 9.89 Å². The van der Waals surface area contributed by atoms with E-state index in [0.717, 1.165) is 19.0 Å². The van der Waals surface area contributed by atoms with E-state index in [-0.39, 0.29) is 5.91 Å². The monoisotopic (exact) mass is 181 g/mol. The van der Waals surface area contributed by atoms with Crippen molar-refractivity contribution in [2.45, 2.75) is 19.3 Å². The van der Waals surface area contributed by atoms with Crippen LogP contribution in [0.4, 0.5) is 0 Å². The molecule has 0 N–H and O–H groups in total. The summed E-state index contributed by atoms with van der Waals surface area (Å²) < 4.78 is 0. The summed E-state index contributed by atoms with van der Waals surface area (Å²) in [6, 6.07) is 0. The third kappa shape index (κ3) is 1.66. The number of guanidine groups is 1. The van der Waals surface area contributed by atoms with E-state index >= 15 is 0 Å². The van der Waals surface area contributed by atoms with Gasteiger partial charge in [0, 0.05) is 20.1 Å². The van der Waals surface area contributed by atoms with Crippen LogP contribution < -0.4 is 0 Å². The summed E-state index contributed by atoms with van der Waals surface area (Å²) in [5.74, 6) is 0.868. The third-order valence-corrected chi connectivity index (χ3v) is 2.58. The molecule has 0 saturated carbocycles. The van der Waals surface area contributed by atoms with E-state index in [0.29, 0.717) is 6.54 Å². The minimum Gasteiger partial charge on any atom is -0.342 e. The van der Waals surface area contributed by atoms with Crippen molar-refractivity contribution < 1.29 is 4.79 Å². The van der Waals surface area contributed by atoms with Crippen molar-refractivity contribution >= 4 is 11.9 Å². The van der Waals surface area contributed by atoms with Gasteiger partial charge in [0.2, 0.25) is 5.96 Å². The van der Waals surface area contributed by atoms with Crippen LogP contribution in [0, 0.1) is 0 Å². The number of nitrogens with zero attached hydrogens (tertiary/aromatic N) is 3. The van der Waals surface area contributed by atoms with Gasteiger partial charge < -0.3 is 9.80 Å². The number of amides is 1. The molecule has 0 unspecified atom stereocenters. The van der Waals surface area contributed by atoms with Crippen LogP contribution >= 0.6 is 0 Å². The van der Waals surface area contributed by atoms with Gasteiger partial charge >= 0.3 is 0 Å². The largest absolute Gasteiger partial charge is 0.342 e. The van der Waals surface area contributed by atoms with Gasteiger partial charge in [0.05, 0.1) is 0 Å². The van der Waals surface area contributed by atoms with Crippen molar-refractivity contribution in [1.29, 1.82) is 0 Å². The fourth-order valence-electron chi connectivity index (χ4n) is 1.91. The molecule has 1 fully saturated rings. The normalized spacial score (nSPS) is 23.8. The first kappa shape index (κ1) is 8.53. The Bertz CT molecular complexity index is 243. The molecule has 0 atom stereocenters. The molecule has 4 nitrogen and oxygen atoms in total. The maximum absolute atomic E-state index is 11.1. The quantitative estimate of drug-likeness (QED) is 0.539. The summed E-state index contributed by atoms with van der Waals surface area (Å²) >= 11 is 0. The van der Waals surface area contributed by atoms with Crippen LogP contribution in [0.2, 0.25) is 0 Å². The van der Waals surface area contributed by atoms with Gasteiger partial charge in [-0.2, -0.15) is 4.99 Å². The molecule has 2 aliphatic heterocycles. The Hall–Kier alpha value is -1.06. The molecule has 72 valence electrons. The summed E-state index contributed by atoms with van der Waals surface area (Å²) in [4.78, 5) is 19.2. The number of likely N-dealkylation sites (N-methyl/N-ethyl adjacent to an activating group) is 1. The van der Waals surface area contributed by atoms with Crippen LogP contribution in [0.15, 0.2) is 4.99 Å². The molecule has 4 heteroatoms. The molecule has 0 bridgehead atoms. The molecule has 0 radical (unpaired) electrons. The second-order valence-electron chi connectivity index (χ2n) is 3.71. The van der Waals surface area contributed by atoms with E-state index < -0.39 is 0 Å². The topological polar surface area (TPSA) is 35.9 Å². The molecule has 0 spiro atoms. The number of hydrogen-bond acceptors (Lipinski definition) is 3. The van der Waals surface area contributed by atoms with Crippen molar-refractivity contribution in [3.8, 4) is 0 Å². The second kappa shape index (κ2) is 3.36. The zero-order chi connectivity index (χ0) is 9.26. The predicted molar refractivity (Wildman–Crippen MR) is 50.5 cm³/mol. The van der Waals surface area contributed by atoms with Gasteiger partial charge in [-0.05, 0) is 19.3 Å². The van der Waals surface area contributed by atoms with Crippen LogP contribution in [0.3, 0.4) is 0 Å². The summed E-state index contributed by atoms with van der Waals surface area (Å²) in [6.07, 6.45) is 3.75. The zero-order valence-corrected chi connectivity index (χ0v) is 7.99. The first-order valence-corrected chi connectivity index (χ1v) is 4.85. The van der Waals surface area contributed by atoms with E-state index in [1.165, 1.54) is 19.3 Å². The fraction of sp³-hybridized carbons (Fsp3) is 0.778. The first-order chi connectivity index (χ1) is 6.27. The average Bonchev–Trinajstić information content (AvgIpc) is 2.47. The second-order valence-corrected chi connectivity index (χ2v) is 3.71. The van der Waals surface area contributed by atoms with Gasteiger partial charge in [0.15, 0.2) is 0 Å². The van der Waals surface area contributed by atoms with Crippen molar-refractivity contribution in [1.82, 2.24) is 9.80 Å². The lowest BCUT2D eigenvalue weighted by atomic mass is 10.1. The van der Waals surface area contributed by atoms with Gasteiger partial charge in [-0.1, -0.05) is 0 Å². The van der Waals surface area contributed by atoms with E-state index in [1.54, 1.807) is 0 Å². The van der Waals surface area contributed by atoms with Crippen molar-refractivity contribution in [2.75, 3.05) is 26.7 Å². The number of likely N-dealkylation sites (tertiary alicyclic amines) is 1. The highest BCUT2D eigenvalue weighted by atomic mass is 16.2. The summed E-state index contributed by atoms with van der Waals surface area (Å²) in [7, 11) is 1.93. The molecule has 0 aliphatic carbocycles. The lowest BCUT2D eigenvalue weighted by molar-refractivity contribution is -0.116. The number of rotatable bonds is 0. The Morgan fingerprint density at radius 2 is 1.92 bits per heavy atom. The molecule has 13 heavy (non-hydrogen) atoms. The molecule has 2 aliphatic rings. The van der Waals surface area contributed by atoms with Gasteiger partial charge in [-0.15, -0.1) is 0 Å². The van der Waals surface area contributed by atoms with Gasteiger partial charge in [-0.25, -0.2) is 0 Å². The minimum atomic E-state index is -0.0110. The number of hydrogen-bond donors (Lipinski definition) is 0. The van der Waals surface area contributed by atoms with E-state index in [9.17, 15) is 4.79 Å². The number of aliphatic imine (C=N–C) groups is 1. The molecule has 1 amide bonds.